The van der Waals surface area contributed by atoms with Gasteiger partial charge in [0.05, 0.1) is 11.1 Å². The van der Waals surface area contributed by atoms with Gasteiger partial charge in [0.15, 0.2) is 0 Å². The van der Waals surface area contributed by atoms with Crippen LogP contribution < -0.4 is 0 Å². The van der Waals surface area contributed by atoms with Crippen LogP contribution in [-0.4, -0.2) is 16.8 Å². The molecule has 0 N–H and O–H groups in total. The number of thioether (sulfide) groups is 1. The van der Waals surface area contributed by atoms with Crippen LogP contribution in [0.4, 0.5) is 0 Å². The lowest BCUT2D eigenvalue weighted by Gasteiger charge is -2.02. The lowest BCUT2D eigenvalue weighted by atomic mass is 10.1. The monoisotopic (exact) mass is 253 g/mol. The van der Waals surface area contributed by atoms with Gasteiger partial charge in [0.1, 0.15) is 0 Å². The summed E-state index contributed by atoms with van der Waals surface area (Å²) in [5.41, 5.74) is 1.20. The average molecular weight is 254 g/mol. The lowest BCUT2D eigenvalue weighted by molar-refractivity contribution is 0.630. The number of hydrogen-bond acceptors (Lipinski definition) is 2. The molecule has 86 valence electrons. The molecule has 0 fully saturated rings. The maximum atomic E-state index is 5.87. The van der Waals surface area contributed by atoms with Crippen molar-refractivity contribution in [2.24, 2.45) is 4.99 Å². The fourth-order valence-electron chi connectivity index (χ4n) is 1.75. The van der Waals surface area contributed by atoms with Gasteiger partial charge in [-0.15, -0.1) is 11.8 Å². The van der Waals surface area contributed by atoms with Gasteiger partial charge in [-0.25, -0.2) is 0 Å². The van der Waals surface area contributed by atoms with Crippen molar-refractivity contribution in [2.75, 3.05) is 5.75 Å². The van der Waals surface area contributed by atoms with E-state index in [1.54, 1.807) is 0 Å². The first-order valence-electron chi connectivity index (χ1n) is 5.76. The molecule has 1 unspecified atom stereocenters. The summed E-state index contributed by atoms with van der Waals surface area (Å²) in [6.07, 6.45) is 3.76. The average Bonchev–Trinajstić information content (AvgIpc) is 2.76. The van der Waals surface area contributed by atoms with E-state index in [4.69, 9.17) is 16.6 Å². The van der Waals surface area contributed by atoms with Gasteiger partial charge < -0.3 is 0 Å². The topological polar surface area (TPSA) is 12.4 Å². The van der Waals surface area contributed by atoms with Crippen molar-refractivity contribution in [3.05, 3.63) is 34.9 Å². The van der Waals surface area contributed by atoms with Crippen LogP contribution in [0, 0.1) is 0 Å². The summed E-state index contributed by atoms with van der Waals surface area (Å²) >= 11 is 7.74. The summed E-state index contributed by atoms with van der Waals surface area (Å²) in [7, 11) is 0. The number of unbranched alkanes of at least 4 members (excludes halogenated alkanes) is 1. The van der Waals surface area contributed by atoms with Crippen LogP contribution in [0.25, 0.3) is 0 Å². The molecule has 2 rings (SSSR count). The third-order valence-corrected chi connectivity index (χ3v) is 4.11. The SMILES string of the molecule is CCCCC1CSC(c2ccc(Cl)cc2)=N1. The molecule has 1 aromatic carbocycles. The molecule has 1 heterocycles. The van der Waals surface area contributed by atoms with Crippen LogP contribution in [0.15, 0.2) is 29.3 Å². The van der Waals surface area contributed by atoms with Crippen LogP contribution in [0.5, 0.6) is 0 Å². The Kier molecular flexibility index (Phi) is 4.30. The molecule has 0 saturated heterocycles. The van der Waals surface area contributed by atoms with Crippen molar-refractivity contribution < 1.29 is 0 Å². The minimum Gasteiger partial charge on any atom is -0.274 e. The summed E-state index contributed by atoms with van der Waals surface area (Å²) in [6.45, 7) is 2.23. The highest BCUT2D eigenvalue weighted by Gasteiger charge is 2.18. The van der Waals surface area contributed by atoms with Gasteiger partial charge in [-0.05, 0) is 18.6 Å². The molecule has 0 aromatic heterocycles. The summed E-state index contributed by atoms with van der Waals surface area (Å²) in [5, 5.41) is 1.97. The molecular weight excluding hydrogens is 238 g/mol. The largest absolute Gasteiger partial charge is 0.274 e. The van der Waals surface area contributed by atoms with Crippen molar-refractivity contribution in [3.63, 3.8) is 0 Å². The van der Waals surface area contributed by atoms with E-state index in [0.717, 1.165) is 10.8 Å². The van der Waals surface area contributed by atoms with Gasteiger partial charge in [-0.2, -0.15) is 0 Å². The zero-order valence-corrected chi connectivity index (χ0v) is 11.0. The van der Waals surface area contributed by atoms with Crippen LogP contribution in [0.3, 0.4) is 0 Å². The van der Waals surface area contributed by atoms with Gasteiger partial charge in [-0.3, -0.25) is 4.99 Å². The first-order chi connectivity index (χ1) is 7.79. The van der Waals surface area contributed by atoms with Crippen LogP contribution in [-0.2, 0) is 0 Å². The van der Waals surface area contributed by atoms with Gasteiger partial charge in [0.2, 0.25) is 0 Å². The van der Waals surface area contributed by atoms with E-state index < -0.39 is 0 Å². The summed E-state index contributed by atoms with van der Waals surface area (Å²) < 4.78 is 0. The van der Waals surface area contributed by atoms with E-state index in [1.165, 1.54) is 29.9 Å². The fraction of sp³-hybridized carbons (Fsp3) is 0.462. The van der Waals surface area contributed by atoms with Crippen molar-refractivity contribution in [3.8, 4) is 0 Å². The Morgan fingerprint density at radius 1 is 1.38 bits per heavy atom. The van der Waals surface area contributed by atoms with Crippen molar-refractivity contribution in [2.45, 2.75) is 32.2 Å². The second kappa shape index (κ2) is 5.74. The number of rotatable bonds is 4. The zero-order chi connectivity index (χ0) is 11.4. The standard InChI is InChI=1S/C13H16ClNS/c1-2-3-4-12-9-16-13(15-12)10-5-7-11(14)8-6-10/h5-8,12H,2-4,9H2,1H3. The minimum atomic E-state index is 0.524. The van der Waals surface area contributed by atoms with Crippen molar-refractivity contribution in [1.82, 2.24) is 0 Å². The molecular formula is C13H16ClNS. The quantitative estimate of drug-likeness (QED) is 0.775. The van der Waals surface area contributed by atoms with E-state index in [1.807, 2.05) is 23.9 Å². The number of aliphatic imine (C=N–C) groups is 1. The van der Waals surface area contributed by atoms with Crippen LogP contribution >= 0.6 is 23.4 Å². The molecule has 0 aliphatic carbocycles. The zero-order valence-electron chi connectivity index (χ0n) is 9.45. The normalized spacial score (nSPS) is 19.9. The Balaban J connectivity index is 2.03. The number of hydrogen-bond donors (Lipinski definition) is 0. The molecule has 1 atom stereocenters. The van der Waals surface area contributed by atoms with Gasteiger partial charge in [0.25, 0.3) is 0 Å². The molecule has 1 aliphatic rings. The molecule has 0 radical (unpaired) electrons. The highest BCUT2D eigenvalue weighted by Crippen LogP contribution is 2.26. The van der Waals surface area contributed by atoms with Crippen molar-refractivity contribution >= 4 is 28.4 Å². The van der Waals surface area contributed by atoms with E-state index >= 15 is 0 Å². The highest BCUT2D eigenvalue weighted by molar-refractivity contribution is 8.14. The number of nitrogens with zero attached hydrogens (tertiary/aromatic N) is 1. The molecule has 0 bridgehead atoms. The van der Waals surface area contributed by atoms with E-state index in [0.29, 0.717) is 6.04 Å². The van der Waals surface area contributed by atoms with E-state index in [9.17, 15) is 0 Å². The smallest absolute Gasteiger partial charge is 0.0981 e. The van der Waals surface area contributed by atoms with E-state index in [-0.39, 0.29) is 0 Å². The summed E-state index contributed by atoms with van der Waals surface area (Å²) in [5.74, 6) is 1.14. The van der Waals surface area contributed by atoms with Crippen LogP contribution in [0.2, 0.25) is 5.02 Å². The molecule has 1 nitrogen and oxygen atoms in total. The summed E-state index contributed by atoms with van der Waals surface area (Å²) in [4.78, 5) is 4.76. The minimum absolute atomic E-state index is 0.524. The summed E-state index contributed by atoms with van der Waals surface area (Å²) in [6, 6.07) is 8.49. The Morgan fingerprint density at radius 2 is 2.12 bits per heavy atom. The van der Waals surface area contributed by atoms with Gasteiger partial charge in [0, 0.05) is 16.3 Å². The maximum absolute atomic E-state index is 5.87. The van der Waals surface area contributed by atoms with Crippen LogP contribution in [0.1, 0.15) is 31.7 Å². The first kappa shape index (κ1) is 12.0. The third kappa shape index (κ3) is 3.02. The second-order valence-electron chi connectivity index (χ2n) is 4.05. The Hall–Kier alpha value is -0.470. The number of halogens is 1. The Labute approximate surface area is 106 Å². The molecule has 16 heavy (non-hydrogen) atoms. The highest BCUT2D eigenvalue weighted by atomic mass is 35.5. The van der Waals surface area contributed by atoms with Gasteiger partial charge in [-0.1, -0.05) is 43.5 Å². The Bertz CT molecular complexity index is 372. The number of benzene rings is 1. The van der Waals surface area contributed by atoms with Crippen molar-refractivity contribution in [1.29, 1.82) is 0 Å². The predicted octanol–water partition coefficient (Wildman–Crippen LogP) is 4.39. The molecule has 1 aliphatic heterocycles. The molecule has 0 spiro atoms. The molecule has 1 aromatic rings. The fourth-order valence-corrected chi connectivity index (χ4v) is 3.00. The Morgan fingerprint density at radius 3 is 2.81 bits per heavy atom. The third-order valence-electron chi connectivity index (χ3n) is 2.69. The molecule has 0 saturated carbocycles. The molecule has 0 amide bonds. The first-order valence-corrected chi connectivity index (χ1v) is 7.12. The maximum Gasteiger partial charge on any atom is 0.0981 e. The second-order valence-corrected chi connectivity index (χ2v) is 5.49. The lowest BCUT2D eigenvalue weighted by Crippen LogP contribution is -2.02. The van der Waals surface area contributed by atoms with Gasteiger partial charge >= 0.3 is 0 Å². The molecule has 3 heteroatoms. The van der Waals surface area contributed by atoms with E-state index in [2.05, 4.69) is 19.1 Å². The predicted molar refractivity (Wildman–Crippen MR) is 73.8 cm³/mol.